The van der Waals surface area contributed by atoms with Gasteiger partial charge in [0.1, 0.15) is 5.82 Å². The number of fused-ring (bicyclic) bond motifs is 1. The third-order valence-electron chi connectivity index (χ3n) is 5.69. The molecular formula is C22H27N3O2. The zero-order chi connectivity index (χ0) is 19.0. The minimum atomic E-state index is 0.0444. The molecule has 2 aliphatic rings. The summed E-state index contributed by atoms with van der Waals surface area (Å²) >= 11 is 0. The van der Waals surface area contributed by atoms with E-state index in [2.05, 4.69) is 48.9 Å². The number of rotatable bonds is 2. The molecule has 0 bridgehead atoms. The van der Waals surface area contributed by atoms with Gasteiger partial charge in [-0.1, -0.05) is 32.0 Å². The van der Waals surface area contributed by atoms with Gasteiger partial charge in [0.25, 0.3) is 5.91 Å². The number of amides is 1. The average molecular weight is 365 g/mol. The lowest BCUT2D eigenvalue weighted by Gasteiger charge is -2.39. The van der Waals surface area contributed by atoms with Gasteiger partial charge in [-0.3, -0.25) is 4.79 Å². The van der Waals surface area contributed by atoms with Crippen LogP contribution in [0.5, 0.6) is 0 Å². The molecule has 5 nitrogen and oxygen atoms in total. The Morgan fingerprint density at radius 3 is 2.85 bits per heavy atom. The first-order valence-electron chi connectivity index (χ1n) is 9.70. The van der Waals surface area contributed by atoms with Crippen LogP contribution in [0.1, 0.15) is 43.1 Å². The zero-order valence-electron chi connectivity index (χ0n) is 16.3. The lowest BCUT2D eigenvalue weighted by atomic mass is 9.77. The number of hydrogen-bond acceptors (Lipinski definition) is 4. The Balaban J connectivity index is 1.63. The van der Waals surface area contributed by atoms with Gasteiger partial charge in [-0.2, -0.15) is 0 Å². The van der Waals surface area contributed by atoms with E-state index in [1.54, 1.807) is 6.20 Å². The van der Waals surface area contributed by atoms with Gasteiger partial charge in [0.15, 0.2) is 0 Å². The maximum absolute atomic E-state index is 13.3. The summed E-state index contributed by atoms with van der Waals surface area (Å²) in [6, 6.07) is 12.0. The second kappa shape index (κ2) is 6.97. The van der Waals surface area contributed by atoms with Crippen LogP contribution in [0.4, 0.5) is 11.5 Å². The summed E-state index contributed by atoms with van der Waals surface area (Å²) < 4.78 is 5.62. The number of morpholine rings is 1. The number of pyridine rings is 1. The van der Waals surface area contributed by atoms with Gasteiger partial charge in [-0.25, -0.2) is 4.98 Å². The molecule has 1 atom stereocenters. The van der Waals surface area contributed by atoms with Gasteiger partial charge in [0.2, 0.25) is 0 Å². The molecule has 0 saturated carbocycles. The first kappa shape index (κ1) is 18.0. The van der Waals surface area contributed by atoms with Crippen LogP contribution in [0.15, 0.2) is 42.6 Å². The largest absolute Gasteiger partial charge is 0.375 e. The number of hydrogen-bond donors (Lipinski definition) is 0. The quantitative estimate of drug-likeness (QED) is 0.815. The molecule has 142 valence electrons. The Kier molecular flexibility index (Phi) is 4.64. The van der Waals surface area contributed by atoms with Crippen LogP contribution in [0, 0.1) is 0 Å². The normalized spacial score (nSPS) is 21.7. The fraction of sp³-hybridized carbons (Fsp3) is 0.455. The average Bonchev–Trinajstić information content (AvgIpc) is 2.68. The summed E-state index contributed by atoms with van der Waals surface area (Å²) in [6.07, 6.45) is 2.87. The predicted molar refractivity (Wildman–Crippen MR) is 108 cm³/mol. The fourth-order valence-electron chi connectivity index (χ4n) is 4.05. The molecular weight excluding hydrogens is 338 g/mol. The van der Waals surface area contributed by atoms with Crippen molar-refractivity contribution in [1.29, 1.82) is 0 Å². The van der Waals surface area contributed by atoms with E-state index in [-0.39, 0.29) is 17.4 Å². The first-order chi connectivity index (χ1) is 13.0. The number of para-hydroxylation sites is 1. The van der Waals surface area contributed by atoms with E-state index in [0.717, 1.165) is 37.6 Å². The molecule has 0 spiro atoms. The smallest absolute Gasteiger partial charge is 0.258 e. The molecule has 1 unspecified atom stereocenters. The first-order valence-corrected chi connectivity index (χ1v) is 9.70. The molecule has 2 aromatic rings. The Hall–Kier alpha value is -2.40. The molecule has 0 N–H and O–H groups in total. The number of benzene rings is 1. The molecule has 27 heavy (non-hydrogen) atoms. The van der Waals surface area contributed by atoms with Gasteiger partial charge >= 0.3 is 0 Å². The van der Waals surface area contributed by atoms with Crippen LogP contribution in [-0.2, 0) is 10.2 Å². The van der Waals surface area contributed by atoms with Gasteiger partial charge in [-0.15, -0.1) is 0 Å². The van der Waals surface area contributed by atoms with E-state index < -0.39 is 0 Å². The molecule has 0 aliphatic carbocycles. The van der Waals surface area contributed by atoms with Crippen LogP contribution in [0.2, 0.25) is 0 Å². The molecule has 1 aromatic carbocycles. The minimum absolute atomic E-state index is 0.0444. The highest BCUT2D eigenvalue weighted by Gasteiger charge is 2.33. The highest BCUT2D eigenvalue weighted by molar-refractivity contribution is 6.07. The number of anilines is 2. The Labute approximate surface area is 161 Å². The van der Waals surface area contributed by atoms with Crippen molar-refractivity contribution in [2.24, 2.45) is 0 Å². The molecule has 1 aromatic heterocycles. The number of carbonyl (C=O) groups excluding carboxylic acids is 1. The van der Waals surface area contributed by atoms with Gasteiger partial charge < -0.3 is 14.5 Å². The Bertz CT molecular complexity index is 849. The van der Waals surface area contributed by atoms with E-state index in [0.29, 0.717) is 12.2 Å². The van der Waals surface area contributed by atoms with Crippen LogP contribution >= 0.6 is 0 Å². The summed E-state index contributed by atoms with van der Waals surface area (Å²) in [5, 5.41) is 0. The van der Waals surface area contributed by atoms with Crippen molar-refractivity contribution in [3.63, 3.8) is 0 Å². The monoisotopic (exact) mass is 365 g/mol. The highest BCUT2D eigenvalue weighted by Crippen LogP contribution is 2.39. The summed E-state index contributed by atoms with van der Waals surface area (Å²) in [6.45, 7) is 9.58. The summed E-state index contributed by atoms with van der Waals surface area (Å²) in [4.78, 5) is 21.9. The van der Waals surface area contributed by atoms with Gasteiger partial charge in [-0.05, 0) is 42.5 Å². The topological polar surface area (TPSA) is 45.7 Å². The zero-order valence-corrected chi connectivity index (χ0v) is 16.3. The van der Waals surface area contributed by atoms with Crippen LogP contribution in [0.3, 0.4) is 0 Å². The van der Waals surface area contributed by atoms with E-state index >= 15 is 0 Å². The summed E-state index contributed by atoms with van der Waals surface area (Å²) in [5.74, 6) is 0.893. The number of ether oxygens (including phenoxy) is 1. The van der Waals surface area contributed by atoms with Crippen molar-refractivity contribution < 1.29 is 9.53 Å². The lowest BCUT2D eigenvalue weighted by Crippen LogP contribution is -2.42. The predicted octanol–water partition coefficient (Wildman–Crippen LogP) is 3.63. The van der Waals surface area contributed by atoms with Crippen LogP contribution < -0.4 is 9.80 Å². The summed E-state index contributed by atoms with van der Waals surface area (Å²) in [7, 11) is 0. The minimum Gasteiger partial charge on any atom is -0.375 e. The Morgan fingerprint density at radius 2 is 2.04 bits per heavy atom. The molecule has 5 heteroatoms. The second-order valence-corrected chi connectivity index (χ2v) is 8.14. The van der Waals surface area contributed by atoms with Crippen molar-refractivity contribution in [2.45, 2.75) is 38.7 Å². The van der Waals surface area contributed by atoms with Crippen molar-refractivity contribution in [3.05, 3.63) is 53.7 Å². The van der Waals surface area contributed by atoms with E-state index in [1.807, 2.05) is 23.1 Å². The molecule has 1 amide bonds. The third-order valence-corrected chi connectivity index (χ3v) is 5.69. The summed E-state index contributed by atoms with van der Waals surface area (Å²) in [5.41, 5.74) is 3.03. The number of aromatic nitrogens is 1. The van der Waals surface area contributed by atoms with E-state index in [1.165, 1.54) is 5.56 Å². The standard InChI is InChI=1S/C22H27N3O2/c1-16-15-24(12-13-27-16)20-14-17(8-10-23-20)21(26)25-11-9-22(2,3)18-6-4-5-7-19(18)25/h4-8,10,14,16H,9,11-13,15H2,1-3H3. The van der Waals surface area contributed by atoms with Crippen molar-refractivity contribution in [1.82, 2.24) is 4.98 Å². The van der Waals surface area contributed by atoms with E-state index in [9.17, 15) is 4.79 Å². The molecule has 1 fully saturated rings. The molecule has 3 heterocycles. The molecule has 4 rings (SSSR count). The SMILES string of the molecule is CC1CN(c2cc(C(=O)N3CCC(C)(C)c4ccccc43)ccn2)CCO1. The Morgan fingerprint density at radius 1 is 1.22 bits per heavy atom. The highest BCUT2D eigenvalue weighted by atomic mass is 16.5. The number of nitrogens with zero attached hydrogens (tertiary/aromatic N) is 3. The number of carbonyl (C=O) groups is 1. The maximum Gasteiger partial charge on any atom is 0.258 e. The molecule has 0 radical (unpaired) electrons. The lowest BCUT2D eigenvalue weighted by molar-refractivity contribution is 0.0529. The maximum atomic E-state index is 13.3. The van der Waals surface area contributed by atoms with Crippen molar-refractivity contribution in [2.75, 3.05) is 36.0 Å². The van der Waals surface area contributed by atoms with E-state index in [4.69, 9.17) is 4.74 Å². The van der Waals surface area contributed by atoms with Crippen molar-refractivity contribution >= 4 is 17.4 Å². The third kappa shape index (κ3) is 3.44. The van der Waals surface area contributed by atoms with Crippen molar-refractivity contribution in [3.8, 4) is 0 Å². The fourth-order valence-corrected chi connectivity index (χ4v) is 4.05. The molecule has 2 aliphatic heterocycles. The van der Waals surface area contributed by atoms with Crippen LogP contribution in [-0.4, -0.2) is 43.2 Å². The van der Waals surface area contributed by atoms with Gasteiger partial charge in [0.05, 0.1) is 12.7 Å². The second-order valence-electron chi connectivity index (χ2n) is 8.14. The van der Waals surface area contributed by atoms with Gasteiger partial charge in [0, 0.05) is 37.1 Å². The molecule has 1 saturated heterocycles. The van der Waals surface area contributed by atoms with Crippen LogP contribution in [0.25, 0.3) is 0 Å².